The van der Waals surface area contributed by atoms with Crippen LogP contribution in [0.25, 0.3) is 0 Å². The van der Waals surface area contributed by atoms with Gasteiger partial charge in [0.15, 0.2) is 6.61 Å². The number of thiophene rings is 1. The number of hydrazone groups is 1. The second-order valence-corrected chi connectivity index (χ2v) is 5.82. The number of rotatable bonds is 5. The predicted octanol–water partition coefficient (Wildman–Crippen LogP) is 3.43. The van der Waals surface area contributed by atoms with Gasteiger partial charge in [0.05, 0.1) is 5.71 Å². The fraction of sp³-hybridized carbons (Fsp3) is 0.143. The topological polar surface area (TPSA) is 50.7 Å². The zero-order valence-corrected chi connectivity index (χ0v) is 13.2. The van der Waals surface area contributed by atoms with E-state index in [-0.39, 0.29) is 12.5 Å². The maximum atomic E-state index is 11.6. The fourth-order valence-corrected chi connectivity index (χ4v) is 2.48. The number of hydrogen-bond acceptors (Lipinski definition) is 4. The van der Waals surface area contributed by atoms with Crippen LogP contribution in [0.1, 0.15) is 11.8 Å². The van der Waals surface area contributed by atoms with Crippen molar-refractivity contribution in [3.05, 3.63) is 51.1 Å². The smallest absolute Gasteiger partial charge is 0.277 e. The number of nitrogens with one attached hydrogen (secondary N) is 1. The second kappa shape index (κ2) is 7.21. The van der Waals surface area contributed by atoms with Crippen LogP contribution < -0.4 is 10.2 Å². The summed E-state index contributed by atoms with van der Waals surface area (Å²) >= 11 is 4.92. The van der Waals surface area contributed by atoms with Crippen molar-refractivity contribution < 1.29 is 9.53 Å². The van der Waals surface area contributed by atoms with E-state index in [1.807, 2.05) is 36.6 Å². The van der Waals surface area contributed by atoms with Crippen molar-refractivity contribution >= 4 is 38.9 Å². The molecule has 1 aromatic carbocycles. The maximum absolute atomic E-state index is 11.6. The molecular formula is C14H13BrN2O2S. The summed E-state index contributed by atoms with van der Waals surface area (Å²) in [6, 6.07) is 11.2. The van der Waals surface area contributed by atoms with Crippen LogP contribution in [-0.4, -0.2) is 18.2 Å². The standard InChI is InChI=1S/C14H13BrN2O2S/c1-10(13-6-3-7-20-13)16-17-14(18)9-19-12-5-2-4-11(15)8-12/h2-8H,9H2,1H3,(H,17,18)/b16-10+. The predicted molar refractivity (Wildman–Crippen MR) is 84.3 cm³/mol. The van der Waals surface area contributed by atoms with Gasteiger partial charge in [0.2, 0.25) is 0 Å². The molecule has 0 radical (unpaired) electrons. The van der Waals surface area contributed by atoms with Crippen LogP contribution in [0.3, 0.4) is 0 Å². The molecule has 104 valence electrons. The zero-order valence-electron chi connectivity index (χ0n) is 10.8. The van der Waals surface area contributed by atoms with E-state index < -0.39 is 0 Å². The molecule has 20 heavy (non-hydrogen) atoms. The number of amides is 1. The van der Waals surface area contributed by atoms with Crippen molar-refractivity contribution in [1.29, 1.82) is 0 Å². The van der Waals surface area contributed by atoms with E-state index in [0.29, 0.717) is 5.75 Å². The first-order valence-corrected chi connectivity index (χ1v) is 7.58. The molecular weight excluding hydrogens is 340 g/mol. The Balaban J connectivity index is 1.83. The zero-order chi connectivity index (χ0) is 14.4. The van der Waals surface area contributed by atoms with E-state index in [0.717, 1.165) is 15.1 Å². The summed E-state index contributed by atoms with van der Waals surface area (Å²) in [5.74, 6) is 0.342. The Morgan fingerprint density at radius 2 is 2.25 bits per heavy atom. The quantitative estimate of drug-likeness (QED) is 0.661. The molecule has 1 aromatic heterocycles. The van der Waals surface area contributed by atoms with E-state index in [1.54, 1.807) is 23.5 Å². The Bertz CT molecular complexity index is 611. The number of benzene rings is 1. The number of carbonyl (C=O) groups excluding carboxylic acids is 1. The third-order valence-electron chi connectivity index (χ3n) is 2.39. The minimum atomic E-state index is -0.291. The van der Waals surface area contributed by atoms with Crippen LogP contribution in [-0.2, 0) is 4.79 Å². The normalized spacial score (nSPS) is 11.2. The first kappa shape index (κ1) is 14.7. The number of ether oxygens (including phenoxy) is 1. The Hall–Kier alpha value is -1.66. The van der Waals surface area contributed by atoms with Crippen molar-refractivity contribution in [1.82, 2.24) is 5.43 Å². The molecule has 0 atom stereocenters. The second-order valence-electron chi connectivity index (χ2n) is 3.96. The summed E-state index contributed by atoms with van der Waals surface area (Å²) < 4.78 is 6.27. The van der Waals surface area contributed by atoms with Gasteiger partial charge in [0.1, 0.15) is 5.75 Å². The maximum Gasteiger partial charge on any atom is 0.277 e. The lowest BCUT2D eigenvalue weighted by Crippen LogP contribution is -2.25. The Kier molecular flexibility index (Phi) is 5.31. The molecule has 0 fully saturated rings. The minimum absolute atomic E-state index is 0.0718. The Morgan fingerprint density at radius 3 is 2.95 bits per heavy atom. The van der Waals surface area contributed by atoms with Gasteiger partial charge in [-0.25, -0.2) is 5.43 Å². The third-order valence-corrected chi connectivity index (χ3v) is 3.86. The third kappa shape index (κ3) is 4.47. The summed E-state index contributed by atoms with van der Waals surface area (Å²) in [6.45, 7) is 1.78. The van der Waals surface area contributed by atoms with E-state index in [2.05, 4.69) is 26.5 Å². The van der Waals surface area contributed by atoms with Crippen molar-refractivity contribution in [2.75, 3.05) is 6.61 Å². The van der Waals surface area contributed by atoms with Gasteiger partial charge in [0.25, 0.3) is 5.91 Å². The van der Waals surface area contributed by atoms with Crippen LogP contribution in [0.15, 0.2) is 51.4 Å². The van der Waals surface area contributed by atoms with Gasteiger partial charge in [-0.1, -0.05) is 28.1 Å². The molecule has 0 saturated heterocycles. The summed E-state index contributed by atoms with van der Waals surface area (Å²) in [6.07, 6.45) is 0. The van der Waals surface area contributed by atoms with Crippen LogP contribution in [0.5, 0.6) is 5.75 Å². The van der Waals surface area contributed by atoms with Gasteiger partial charge < -0.3 is 4.74 Å². The molecule has 0 aliphatic rings. The highest BCUT2D eigenvalue weighted by Crippen LogP contribution is 2.17. The molecule has 0 unspecified atom stereocenters. The van der Waals surface area contributed by atoms with Gasteiger partial charge >= 0.3 is 0 Å². The average Bonchev–Trinajstić information content (AvgIpc) is 2.97. The molecule has 4 nitrogen and oxygen atoms in total. The van der Waals surface area contributed by atoms with E-state index in [1.165, 1.54) is 0 Å². The highest BCUT2D eigenvalue weighted by molar-refractivity contribution is 9.10. The molecule has 0 spiro atoms. The summed E-state index contributed by atoms with van der Waals surface area (Å²) in [5.41, 5.74) is 3.25. The highest BCUT2D eigenvalue weighted by Gasteiger charge is 2.03. The van der Waals surface area contributed by atoms with Crippen molar-refractivity contribution in [2.24, 2.45) is 5.10 Å². The number of carbonyl (C=O) groups is 1. The Labute approximate surface area is 129 Å². The fourth-order valence-electron chi connectivity index (χ4n) is 1.42. The number of halogens is 1. The molecule has 0 aliphatic carbocycles. The largest absolute Gasteiger partial charge is 0.484 e. The summed E-state index contributed by atoms with van der Waals surface area (Å²) in [5, 5.41) is 6.00. The monoisotopic (exact) mass is 352 g/mol. The van der Waals surface area contributed by atoms with Gasteiger partial charge in [-0.3, -0.25) is 4.79 Å². The van der Waals surface area contributed by atoms with E-state index in [4.69, 9.17) is 4.74 Å². The van der Waals surface area contributed by atoms with Crippen molar-refractivity contribution in [2.45, 2.75) is 6.92 Å². The number of nitrogens with zero attached hydrogens (tertiary/aromatic N) is 1. The molecule has 0 aliphatic heterocycles. The van der Waals surface area contributed by atoms with Crippen LogP contribution in [0.2, 0.25) is 0 Å². The lowest BCUT2D eigenvalue weighted by molar-refractivity contribution is -0.123. The van der Waals surface area contributed by atoms with Crippen LogP contribution >= 0.6 is 27.3 Å². The highest BCUT2D eigenvalue weighted by atomic mass is 79.9. The average molecular weight is 353 g/mol. The molecule has 1 N–H and O–H groups in total. The molecule has 6 heteroatoms. The minimum Gasteiger partial charge on any atom is -0.484 e. The van der Waals surface area contributed by atoms with Gasteiger partial charge in [-0.05, 0) is 36.6 Å². The van der Waals surface area contributed by atoms with Gasteiger partial charge in [-0.2, -0.15) is 5.10 Å². The molecule has 1 amide bonds. The molecule has 2 rings (SSSR count). The lowest BCUT2D eigenvalue weighted by Gasteiger charge is -2.05. The van der Waals surface area contributed by atoms with Crippen molar-refractivity contribution in [3.63, 3.8) is 0 Å². The first-order valence-electron chi connectivity index (χ1n) is 5.90. The first-order chi connectivity index (χ1) is 9.65. The molecule has 0 saturated carbocycles. The SMILES string of the molecule is C/C(=N\NC(=O)COc1cccc(Br)c1)c1cccs1. The molecule has 2 aromatic rings. The van der Waals surface area contributed by atoms with E-state index >= 15 is 0 Å². The molecule has 0 bridgehead atoms. The van der Waals surface area contributed by atoms with Gasteiger partial charge in [0, 0.05) is 9.35 Å². The van der Waals surface area contributed by atoms with Crippen LogP contribution in [0.4, 0.5) is 0 Å². The summed E-state index contributed by atoms with van der Waals surface area (Å²) in [4.78, 5) is 12.6. The van der Waals surface area contributed by atoms with Crippen molar-refractivity contribution in [3.8, 4) is 5.75 Å². The number of hydrogen-bond donors (Lipinski definition) is 1. The lowest BCUT2D eigenvalue weighted by atomic mass is 10.3. The summed E-state index contributed by atoms with van der Waals surface area (Å²) in [7, 11) is 0. The Morgan fingerprint density at radius 1 is 1.40 bits per heavy atom. The van der Waals surface area contributed by atoms with Gasteiger partial charge in [-0.15, -0.1) is 11.3 Å². The molecule has 1 heterocycles. The van der Waals surface area contributed by atoms with E-state index in [9.17, 15) is 4.79 Å². The van der Waals surface area contributed by atoms with Crippen LogP contribution in [0, 0.1) is 0 Å².